The van der Waals surface area contributed by atoms with Crippen molar-refractivity contribution in [3.8, 4) is 5.69 Å². The third-order valence-corrected chi connectivity index (χ3v) is 4.65. The summed E-state index contributed by atoms with van der Waals surface area (Å²) in [6.07, 6.45) is 5.30. The van der Waals surface area contributed by atoms with Gasteiger partial charge in [0.15, 0.2) is 0 Å². The SMILES string of the molecule is CCOC(=O)C1=Cc2c(C)nn(-c3ccccc3)c2NC(=N/C=C/c2ccccc2)N1. The van der Waals surface area contributed by atoms with Gasteiger partial charge in [-0.05, 0) is 43.7 Å². The highest BCUT2D eigenvalue weighted by molar-refractivity contribution is 6.06. The van der Waals surface area contributed by atoms with Gasteiger partial charge in [0.1, 0.15) is 11.5 Å². The predicted octanol–water partition coefficient (Wildman–Crippen LogP) is 4.13. The number of esters is 1. The maximum Gasteiger partial charge on any atom is 0.354 e. The number of carbonyl (C=O) groups excluding carboxylic acids is 1. The van der Waals surface area contributed by atoms with Gasteiger partial charge in [-0.15, -0.1) is 0 Å². The summed E-state index contributed by atoms with van der Waals surface area (Å²) in [5, 5.41) is 11.0. The molecule has 0 amide bonds. The van der Waals surface area contributed by atoms with E-state index in [2.05, 4.69) is 20.7 Å². The molecule has 1 aliphatic heterocycles. The molecule has 1 aliphatic rings. The number of hydrogen-bond acceptors (Lipinski definition) is 4. The summed E-state index contributed by atoms with van der Waals surface area (Å²) in [5.41, 5.74) is 3.77. The summed E-state index contributed by atoms with van der Waals surface area (Å²) in [4.78, 5) is 17.0. The number of nitrogens with zero attached hydrogens (tertiary/aromatic N) is 3. The molecule has 156 valence electrons. The van der Waals surface area contributed by atoms with Crippen molar-refractivity contribution in [2.45, 2.75) is 13.8 Å². The van der Waals surface area contributed by atoms with E-state index in [1.807, 2.05) is 73.7 Å². The fraction of sp³-hybridized carbons (Fsp3) is 0.125. The fourth-order valence-corrected chi connectivity index (χ4v) is 3.19. The average molecular weight is 413 g/mol. The van der Waals surface area contributed by atoms with Crippen LogP contribution in [0.5, 0.6) is 0 Å². The predicted molar refractivity (Wildman–Crippen MR) is 123 cm³/mol. The number of nitrogens with one attached hydrogen (secondary N) is 2. The Labute approximate surface area is 180 Å². The number of aromatic nitrogens is 2. The second-order valence-corrected chi connectivity index (χ2v) is 6.83. The number of ether oxygens (including phenoxy) is 1. The molecule has 2 aromatic carbocycles. The molecule has 0 spiro atoms. The fourth-order valence-electron chi connectivity index (χ4n) is 3.19. The minimum absolute atomic E-state index is 0.279. The van der Waals surface area contributed by atoms with E-state index in [1.54, 1.807) is 23.9 Å². The first-order chi connectivity index (χ1) is 15.2. The molecule has 1 aromatic heterocycles. The second-order valence-electron chi connectivity index (χ2n) is 6.83. The molecular formula is C24H23N5O2. The molecule has 2 heterocycles. The molecule has 4 rings (SSSR count). The lowest BCUT2D eigenvalue weighted by Gasteiger charge is -2.12. The van der Waals surface area contributed by atoms with E-state index in [1.165, 1.54) is 0 Å². The van der Waals surface area contributed by atoms with Crippen LogP contribution in [0, 0.1) is 6.92 Å². The number of anilines is 1. The third-order valence-electron chi connectivity index (χ3n) is 4.65. The van der Waals surface area contributed by atoms with Crippen LogP contribution >= 0.6 is 0 Å². The van der Waals surface area contributed by atoms with Crippen LogP contribution in [0.25, 0.3) is 17.8 Å². The summed E-state index contributed by atoms with van der Waals surface area (Å²) < 4.78 is 7.01. The first kappa shape index (κ1) is 20.2. The van der Waals surface area contributed by atoms with Gasteiger partial charge >= 0.3 is 5.97 Å². The quantitative estimate of drug-likeness (QED) is 0.615. The van der Waals surface area contributed by atoms with E-state index in [0.29, 0.717) is 11.8 Å². The van der Waals surface area contributed by atoms with Crippen LogP contribution in [-0.2, 0) is 9.53 Å². The van der Waals surface area contributed by atoms with Crippen LogP contribution in [0.15, 0.2) is 77.6 Å². The Morgan fingerprint density at radius 1 is 1.10 bits per heavy atom. The van der Waals surface area contributed by atoms with E-state index < -0.39 is 5.97 Å². The smallest absolute Gasteiger partial charge is 0.354 e. The van der Waals surface area contributed by atoms with Crippen LogP contribution in [0.2, 0.25) is 0 Å². The lowest BCUT2D eigenvalue weighted by Crippen LogP contribution is -2.33. The molecule has 0 bridgehead atoms. The highest BCUT2D eigenvalue weighted by Crippen LogP contribution is 2.27. The van der Waals surface area contributed by atoms with Crippen molar-refractivity contribution in [2.24, 2.45) is 4.99 Å². The molecule has 0 saturated heterocycles. The Balaban J connectivity index is 1.76. The Morgan fingerprint density at radius 3 is 2.52 bits per heavy atom. The molecule has 7 heteroatoms. The Kier molecular flexibility index (Phi) is 5.93. The van der Waals surface area contributed by atoms with Crippen molar-refractivity contribution in [3.05, 3.63) is 89.4 Å². The molecule has 31 heavy (non-hydrogen) atoms. The summed E-state index contributed by atoms with van der Waals surface area (Å²) in [6.45, 7) is 3.95. The summed E-state index contributed by atoms with van der Waals surface area (Å²) in [6, 6.07) is 19.6. The molecule has 0 fully saturated rings. The molecule has 0 atom stereocenters. The highest BCUT2D eigenvalue weighted by atomic mass is 16.5. The monoisotopic (exact) mass is 413 g/mol. The standard InChI is InChI=1S/C24H23N5O2/c1-3-31-23(30)21-16-20-17(2)28-29(19-12-8-5-9-13-19)22(20)27-24(26-21)25-15-14-18-10-6-4-7-11-18/h4-16H,3H2,1-2H3,(H2,25,26,27)/b15-14+. The zero-order chi connectivity index (χ0) is 21.6. The molecule has 7 nitrogen and oxygen atoms in total. The Hall–Kier alpha value is -4.13. The number of guanidine groups is 1. The van der Waals surface area contributed by atoms with Gasteiger partial charge in [0, 0.05) is 11.8 Å². The lowest BCUT2D eigenvalue weighted by atomic mass is 10.2. The Morgan fingerprint density at radius 2 is 1.81 bits per heavy atom. The number of aryl methyl sites for hydroxylation is 1. The highest BCUT2D eigenvalue weighted by Gasteiger charge is 2.24. The first-order valence-corrected chi connectivity index (χ1v) is 10.0. The second kappa shape index (κ2) is 9.13. The molecular weight excluding hydrogens is 390 g/mol. The number of benzene rings is 2. The average Bonchev–Trinajstić information content (AvgIpc) is 2.97. The molecule has 0 radical (unpaired) electrons. The van der Waals surface area contributed by atoms with E-state index in [9.17, 15) is 4.79 Å². The van der Waals surface area contributed by atoms with E-state index in [4.69, 9.17) is 4.74 Å². The van der Waals surface area contributed by atoms with Crippen molar-refractivity contribution < 1.29 is 9.53 Å². The Bertz CT molecular complexity index is 1160. The van der Waals surface area contributed by atoms with Crippen LogP contribution in [-0.4, -0.2) is 28.3 Å². The van der Waals surface area contributed by atoms with Crippen LogP contribution < -0.4 is 10.6 Å². The van der Waals surface area contributed by atoms with Crippen LogP contribution in [0.4, 0.5) is 5.82 Å². The number of para-hydroxylation sites is 1. The van der Waals surface area contributed by atoms with Gasteiger partial charge in [-0.3, -0.25) is 0 Å². The zero-order valence-electron chi connectivity index (χ0n) is 17.4. The van der Waals surface area contributed by atoms with Crippen LogP contribution in [0.1, 0.15) is 23.7 Å². The summed E-state index contributed by atoms with van der Waals surface area (Å²) in [5.74, 6) is 0.647. The number of carbonyl (C=O) groups is 1. The normalized spacial score (nSPS) is 14.4. The van der Waals surface area contributed by atoms with Gasteiger partial charge in [0.05, 0.1) is 18.0 Å². The first-order valence-electron chi connectivity index (χ1n) is 10.0. The van der Waals surface area contributed by atoms with Gasteiger partial charge in [-0.1, -0.05) is 48.5 Å². The van der Waals surface area contributed by atoms with Crippen LogP contribution in [0.3, 0.4) is 0 Å². The van der Waals surface area contributed by atoms with E-state index in [0.717, 1.165) is 22.5 Å². The molecule has 3 aromatic rings. The third kappa shape index (κ3) is 4.56. The van der Waals surface area contributed by atoms with Gasteiger partial charge in [-0.2, -0.15) is 5.10 Å². The minimum atomic E-state index is -0.455. The van der Waals surface area contributed by atoms with Crippen molar-refractivity contribution in [3.63, 3.8) is 0 Å². The molecule has 0 unspecified atom stereocenters. The van der Waals surface area contributed by atoms with Crippen molar-refractivity contribution in [1.29, 1.82) is 0 Å². The molecule has 0 saturated carbocycles. The van der Waals surface area contributed by atoms with Gasteiger partial charge in [0.2, 0.25) is 5.96 Å². The van der Waals surface area contributed by atoms with Crippen molar-refractivity contribution in [2.75, 3.05) is 11.9 Å². The largest absolute Gasteiger partial charge is 0.461 e. The summed E-state index contributed by atoms with van der Waals surface area (Å²) in [7, 11) is 0. The maximum atomic E-state index is 12.5. The molecule has 2 N–H and O–H groups in total. The lowest BCUT2D eigenvalue weighted by molar-refractivity contribution is -0.138. The van der Waals surface area contributed by atoms with Gasteiger partial charge in [-0.25, -0.2) is 14.5 Å². The maximum absolute atomic E-state index is 12.5. The minimum Gasteiger partial charge on any atom is -0.461 e. The number of hydrogen-bond donors (Lipinski definition) is 2. The molecule has 0 aliphatic carbocycles. The number of fused-ring (bicyclic) bond motifs is 1. The topological polar surface area (TPSA) is 80.5 Å². The van der Waals surface area contributed by atoms with Crippen molar-refractivity contribution >= 4 is 29.9 Å². The number of aliphatic imine (C=N–C) groups is 1. The van der Waals surface area contributed by atoms with E-state index in [-0.39, 0.29) is 12.3 Å². The van der Waals surface area contributed by atoms with Gasteiger partial charge in [0.25, 0.3) is 0 Å². The van der Waals surface area contributed by atoms with Gasteiger partial charge < -0.3 is 15.4 Å². The van der Waals surface area contributed by atoms with E-state index >= 15 is 0 Å². The zero-order valence-corrected chi connectivity index (χ0v) is 17.4. The number of rotatable bonds is 5. The van der Waals surface area contributed by atoms with Crippen molar-refractivity contribution in [1.82, 2.24) is 15.1 Å². The summed E-state index contributed by atoms with van der Waals surface area (Å²) >= 11 is 0.